The zero-order valence-electron chi connectivity index (χ0n) is 12.4. The van der Waals surface area contributed by atoms with E-state index >= 15 is 0 Å². The molecule has 0 unspecified atom stereocenters. The highest BCUT2D eigenvalue weighted by molar-refractivity contribution is 7.86. The second kappa shape index (κ2) is 7.36. The van der Waals surface area contributed by atoms with Gasteiger partial charge in [0.05, 0.1) is 10.8 Å². The third kappa shape index (κ3) is 4.67. The molecule has 2 aromatic carbocycles. The van der Waals surface area contributed by atoms with Crippen LogP contribution in [0.3, 0.4) is 0 Å². The van der Waals surface area contributed by atoms with Crippen molar-refractivity contribution in [1.82, 2.24) is 0 Å². The second-order valence-electron chi connectivity index (χ2n) is 4.72. The van der Waals surface area contributed by atoms with Gasteiger partial charge in [0.2, 0.25) is 0 Å². The molecule has 2 aromatic rings. The van der Waals surface area contributed by atoms with Crippen molar-refractivity contribution >= 4 is 55.5 Å². The summed E-state index contributed by atoms with van der Waals surface area (Å²) in [5.41, 5.74) is 0.0804. The van der Waals surface area contributed by atoms with Gasteiger partial charge in [0, 0.05) is 0 Å². The first-order valence-corrected chi connectivity index (χ1v) is 9.86. The molecule has 0 heterocycles. The van der Waals surface area contributed by atoms with Crippen LogP contribution in [0.5, 0.6) is 0 Å². The van der Waals surface area contributed by atoms with Gasteiger partial charge in [0.25, 0.3) is 20.2 Å². The molecular formula is C15H11NO6S3. The summed E-state index contributed by atoms with van der Waals surface area (Å²) in [6, 6.07) is 9.79. The summed E-state index contributed by atoms with van der Waals surface area (Å²) < 4.78 is 64.7. The lowest BCUT2D eigenvalue weighted by Gasteiger charge is -2.06. The molecule has 0 bridgehead atoms. The van der Waals surface area contributed by atoms with E-state index in [2.05, 4.69) is 17.2 Å². The molecule has 0 aromatic heterocycles. The smallest absolute Gasteiger partial charge is 0.282 e. The van der Waals surface area contributed by atoms with Crippen LogP contribution >= 0.6 is 12.2 Å². The molecule has 0 aliphatic heterocycles. The minimum absolute atomic E-state index is 0.0548. The van der Waals surface area contributed by atoms with Gasteiger partial charge in [0.1, 0.15) is 9.79 Å². The molecule has 130 valence electrons. The Balaban J connectivity index is 2.66. The quantitative estimate of drug-likeness (QED) is 0.344. The topological polar surface area (TPSA) is 121 Å². The maximum Gasteiger partial charge on any atom is 0.297 e. The van der Waals surface area contributed by atoms with Gasteiger partial charge in [-0.2, -0.15) is 21.8 Å². The summed E-state index contributed by atoms with van der Waals surface area (Å²) in [6.07, 6.45) is 2.56. The van der Waals surface area contributed by atoms with Crippen LogP contribution in [0, 0.1) is 0 Å². The standard InChI is InChI=1S/C15H11NO6S3/c17-24(18,19)14-7-2-1-4-11(14)8-9-12-5-3-6-13(16-10-23)15(12)25(20,21)22/h1-9H,(H,17,18,19)(H,20,21,22)/b9-8+. The molecule has 2 N–H and O–H groups in total. The minimum Gasteiger partial charge on any atom is -0.282 e. The molecule has 0 aliphatic carbocycles. The Morgan fingerprint density at radius 3 is 2.08 bits per heavy atom. The van der Waals surface area contributed by atoms with Crippen LogP contribution in [0.25, 0.3) is 12.2 Å². The Morgan fingerprint density at radius 2 is 1.48 bits per heavy atom. The summed E-state index contributed by atoms with van der Waals surface area (Å²) in [7, 11) is -9.08. The number of isothiocyanates is 1. The average Bonchev–Trinajstić information content (AvgIpc) is 2.51. The highest BCUT2D eigenvalue weighted by Gasteiger charge is 2.19. The number of thiocarbonyl (C=S) groups is 1. The predicted octanol–water partition coefficient (Wildman–Crippen LogP) is 3.08. The van der Waals surface area contributed by atoms with E-state index in [9.17, 15) is 25.9 Å². The second-order valence-corrected chi connectivity index (χ2v) is 7.65. The van der Waals surface area contributed by atoms with E-state index in [-0.39, 0.29) is 21.7 Å². The summed E-state index contributed by atoms with van der Waals surface area (Å²) in [4.78, 5) is 2.77. The molecule has 0 spiro atoms. The molecule has 0 aliphatic rings. The number of aliphatic imine (C=N–C) groups is 1. The molecule has 25 heavy (non-hydrogen) atoms. The van der Waals surface area contributed by atoms with Crippen LogP contribution in [0.4, 0.5) is 5.69 Å². The highest BCUT2D eigenvalue weighted by Crippen LogP contribution is 2.29. The van der Waals surface area contributed by atoms with Crippen molar-refractivity contribution in [1.29, 1.82) is 0 Å². The molecule has 0 radical (unpaired) electrons. The lowest BCUT2D eigenvalue weighted by atomic mass is 10.1. The van der Waals surface area contributed by atoms with E-state index < -0.39 is 25.1 Å². The van der Waals surface area contributed by atoms with Gasteiger partial charge < -0.3 is 0 Å². The Morgan fingerprint density at radius 1 is 0.880 bits per heavy atom. The van der Waals surface area contributed by atoms with Crippen molar-refractivity contribution in [2.24, 2.45) is 4.99 Å². The summed E-state index contributed by atoms with van der Waals surface area (Å²) in [5.74, 6) is 0. The summed E-state index contributed by atoms with van der Waals surface area (Å²) >= 11 is 4.45. The first-order valence-electron chi connectivity index (χ1n) is 6.57. The highest BCUT2D eigenvalue weighted by atomic mass is 32.2. The van der Waals surface area contributed by atoms with Crippen molar-refractivity contribution in [2.75, 3.05) is 0 Å². The van der Waals surface area contributed by atoms with Gasteiger partial charge in [0.15, 0.2) is 0 Å². The average molecular weight is 397 g/mol. The van der Waals surface area contributed by atoms with Crippen LogP contribution in [-0.4, -0.2) is 31.1 Å². The van der Waals surface area contributed by atoms with Crippen LogP contribution in [0.2, 0.25) is 0 Å². The molecule has 0 atom stereocenters. The number of rotatable bonds is 5. The minimum atomic E-state index is -4.63. The first kappa shape index (κ1) is 19.1. The fourth-order valence-electron chi connectivity index (χ4n) is 2.12. The number of hydrogen-bond donors (Lipinski definition) is 2. The van der Waals surface area contributed by atoms with Crippen molar-refractivity contribution in [3.63, 3.8) is 0 Å². The number of hydrogen-bond acceptors (Lipinski definition) is 6. The lowest BCUT2D eigenvalue weighted by Crippen LogP contribution is -2.02. The third-order valence-electron chi connectivity index (χ3n) is 3.09. The molecule has 10 heteroatoms. The lowest BCUT2D eigenvalue weighted by molar-refractivity contribution is 0.481. The monoisotopic (exact) mass is 397 g/mol. The summed E-state index contributed by atoms with van der Waals surface area (Å²) in [5, 5.41) is 2.02. The Bertz CT molecular complexity index is 1100. The van der Waals surface area contributed by atoms with Gasteiger partial charge in [-0.15, -0.1) is 0 Å². The van der Waals surface area contributed by atoms with E-state index in [1.807, 2.05) is 5.16 Å². The molecule has 7 nitrogen and oxygen atoms in total. The van der Waals surface area contributed by atoms with Crippen molar-refractivity contribution < 1.29 is 25.9 Å². The maximum atomic E-state index is 11.7. The van der Waals surface area contributed by atoms with E-state index in [0.717, 1.165) is 0 Å². The molecule has 0 amide bonds. The maximum absolute atomic E-state index is 11.7. The SMILES string of the molecule is O=S(=O)(O)c1ccccc1/C=C/c1cccc(N=C=S)c1S(=O)(=O)O. The zero-order chi connectivity index (χ0) is 18.7. The summed E-state index contributed by atoms with van der Waals surface area (Å²) in [6.45, 7) is 0. The largest absolute Gasteiger partial charge is 0.297 e. The van der Waals surface area contributed by atoms with Gasteiger partial charge in [-0.1, -0.05) is 42.5 Å². The van der Waals surface area contributed by atoms with E-state index in [0.29, 0.717) is 0 Å². The van der Waals surface area contributed by atoms with E-state index in [1.54, 1.807) is 6.07 Å². The third-order valence-corrected chi connectivity index (χ3v) is 5.07. The van der Waals surface area contributed by atoms with Gasteiger partial charge in [-0.05, 0) is 35.5 Å². The van der Waals surface area contributed by atoms with Crippen LogP contribution in [-0.2, 0) is 20.2 Å². The van der Waals surface area contributed by atoms with Gasteiger partial charge >= 0.3 is 0 Å². The fraction of sp³-hybridized carbons (Fsp3) is 0. The number of benzene rings is 2. The normalized spacial score (nSPS) is 12.1. The van der Waals surface area contributed by atoms with Crippen molar-refractivity contribution in [3.8, 4) is 0 Å². The molecule has 0 saturated carbocycles. The van der Waals surface area contributed by atoms with E-state index in [1.165, 1.54) is 48.6 Å². The molecular weight excluding hydrogens is 386 g/mol. The van der Waals surface area contributed by atoms with Crippen molar-refractivity contribution in [3.05, 3.63) is 53.6 Å². The van der Waals surface area contributed by atoms with Crippen LogP contribution < -0.4 is 0 Å². The Kier molecular flexibility index (Phi) is 5.63. The van der Waals surface area contributed by atoms with Crippen LogP contribution in [0.1, 0.15) is 11.1 Å². The molecule has 0 fully saturated rings. The molecule has 0 saturated heterocycles. The first-order chi connectivity index (χ1) is 11.6. The zero-order valence-corrected chi connectivity index (χ0v) is 14.8. The van der Waals surface area contributed by atoms with Gasteiger partial charge in [-0.3, -0.25) is 9.11 Å². The van der Waals surface area contributed by atoms with Gasteiger partial charge in [-0.25, -0.2) is 0 Å². The van der Waals surface area contributed by atoms with Crippen molar-refractivity contribution in [2.45, 2.75) is 9.79 Å². The van der Waals surface area contributed by atoms with Crippen LogP contribution in [0.15, 0.2) is 57.2 Å². The molecule has 2 rings (SSSR count). The Labute approximate surface area is 149 Å². The Hall–Kier alpha value is -2.20. The van der Waals surface area contributed by atoms with E-state index in [4.69, 9.17) is 0 Å². The fourth-order valence-corrected chi connectivity index (χ4v) is 3.72. The number of nitrogens with zero attached hydrogens (tertiary/aromatic N) is 1. The predicted molar refractivity (Wildman–Crippen MR) is 96.1 cm³/mol.